The Balaban J connectivity index is 4.40. The van der Waals surface area contributed by atoms with Crippen molar-refractivity contribution in [1.29, 1.82) is 0 Å². The molecule has 3 N–H and O–H groups in total. The van der Waals surface area contributed by atoms with Crippen LogP contribution < -0.4 is 11.1 Å². The van der Waals surface area contributed by atoms with E-state index in [4.69, 9.17) is 10.5 Å². The van der Waals surface area contributed by atoms with Crippen molar-refractivity contribution in [2.75, 3.05) is 13.7 Å². The lowest BCUT2D eigenvalue weighted by molar-refractivity contribution is -0.126. The van der Waals surface area contributed by atoms with E-state index in [1.807, 2.05) is 34.6 Å². The summed E-state index contributed by atoms with van der Waals surface area (Å²) in [4.78, 5) is 11.9. The van der Waals surface area contributed by atoms with Crippen LogP contribution in [0.1, 0.15) is 34.6 Å². The summed E-state index contributed by atoms with van der Waals surface area (Å²) < 4.78 is 5.08. The summed E-state index contributed by atoms with van der Waals surface area (Å²) in [6.45, 7) is 10.5. The molecule has 0 aliphatic rings. The van der Waals surface area contributed by atoms with Crippen molar-refractivity contribution in [3.8, 4) is 0 Å². The summed E-state index contributed by atoms with van der Waals surface area (Å²) in [6, 6.07) is -0.475. The van der Waals surface area contributed by atoms with Gasteiger partial charge in [0, 0.05) is 7.11 Å². The van der Waals surface area contributed by atoms with Crippen LogP contribution in [-0.4, -0.2) is 31.7 Å². The van der Waals surface area contributed by atoms with Crippen LogP contribution in [0.25, 0.3) is 0 Å². The highest BCUT2D eigenvalue weighted by molar-refractivity contribution is 5.82. The van der Waals surface area contributed by atoms with Gasteiger partial charge in [0.05, 0.1) is 18.7 Å². The summed E-state index contributed by atoms with van der Waals surface area (Å²) in [6.07, 6.45) is 0. The highest BCUT2D eigenvalue weighted by Gasteiger charge is 2.29. The minimum absolute atomic E-state index is 0.0194. The molecule has 0 aromatic carbocycles. The zero-order chi connectivity index (χ0) is 12.9. The Morgan fingerprint density at radius 2 is 1.88 bits per heavy atom. The molecule has 0 radical (unpaired) electrons. The smallest absolute Gasteiger partial charge is 0.237 e. The molecule has 4 heteroatoms. The molecule has 4 nitrogen and oxygen atoms in total. The fourth-order valence-electron chi connectivity index (χ4n) is 1.25. The second kappa shape index (κ2) is 6.21. The van der Waals surface area contributed by atoms with Crippen molar-refractivity contribution in [3.05, 3.63) is 0 Å². The van der Waals surface area contributed by atoms with Crippen molar-refractivity contribution in [2.45, 2.75) is 46.7 Å². The van der Waals surface area contributed by atoms with E-state index in [0.717, 1.165) is 0 Å². The molecule has 16 heavy (non-hydrogen) atoms. The average Bonchev–Trinajstić information content (AvgIpc) is 2.14. The van der Waals surface area contributed by atoms with Gasteiger partial charge < -0.3 is 15.8 Å². The van der Waals surface area contributed by atoms with E-state index < -0.39 is 6.04 Å². The SMILES string of the molecule is COCC(NC(=O)C(N)C(C)(C)C)C(C)C. The van der Waals surface area contributed by atoms with Gasteiger partial charge in [-0.15, -0.1) is 0 Å². The molecular weight excluding hydrogens is 204 g/mol. The van der Waals surface area contributed by atoms with Crippen LogP contribution in [0.3, 0.4) is 0 Å². The van der Waals surface area contributed by atoms with Crippen molar-refractivity contribution >= 4 is 5.91 Å². The predicted octanol–water partition coefficient (Wildman–Crippen LogP) is 1.15. The molecule has 0 fully saturated rings. The molecular formula is C12H26N2O2. The Morgan fingerprint density at radius 3 is 2.19 bits per heavy atom. The van der Waals surface area contributed by atoms with E-state index in [2.05, 4.69) is 5.32 Å². The van der Waals surface area contributed by atoms with Gasteiger partial charge in [-0.25, -0.2) is 0 Å². The largest absolute Gasteiger partial charge is 0.383 e. The minimum Gasteiger partial charge on any atom is -0.383 e. The number of nitrogens with one attached hydrogen (secondary N) is 1. The van der Waals surface area contributed by atoms with Crippen molar-refractivity contribution in [2.24, 2.45) is 17.1 Å². The highest BCUT2D eigenvalue weighted by Crippen LogP contribution is 2.17. The second-order valence-electron chi connectivity index (χ2n) is 5.66. The van der Waals surface area contributed by atoms with E-state index in [-0.39, 0.29) is 17.4 Å². The maximum atomic E-state index is 11.9. The Bertz CT molecular complexity index is 222. The molecule has 1 amide bonds. The van der Waals surface area contributed by atoms with Gasteiger partial charge in [0.1, 0.15) is 0 Å². The maximum Gasteiger partial charge on any atom is 0.237 e. The lowest BCUT2D eigenvalue weighted by Crippen LogP contribution is -2.53. The molecule has 96 valence electrons. The summed E-state index contributed by atoms with van der Waals surface area (Å²) in [7, 11) is 1.63. The Labute approximate surface area is 98.9 Å². The molecule has 0 spiro atoms. The van der Waals surface area contributed by atoms with Crippen LogP contribution >= 0.6 is 0 Å². The third-order valence-electron chi connectivity index (χ3n) is 2.69. The standard InChI is InChI=1S/C12H26N2O2/c1-8(2)9(7-16-6)14-11(15)10(13)12(3,4)5/h8-10H,7,13H2,1-6H3,(H,14,15). The van der Waals surface area contributed by atoms with Crippen LogP contribution in [0, 0.1) is 11.3 Å². The number of nitrogens with two attached hydrogens (primary N) is 1. The minimum atomic E-state index is -0.495. The first-order valence-corrected chi connectivity index (χ1v) is 5.75. The van der Waals surface area contributed by atoms with Crippen molar-refractivity contribution in [3.63, 3.8) is 0 Å². The van der Waals surface area contributed by atoms with Gasteiger partial charge in [-0.2, -0.15) is 0 Å². The molecule has 0 aliphatic carbocycles. The van der Waals surface area contributed by atoms with Gasteiger partial charge in [-0.1, -0.05) is 34.6 Å². The Morgan fingerprint density at radius 1 is 1.38 bits per heavy atom. The van der Waals surface area contributed by atoms with Crippen LogP contribution in [0.2, 0.25) is 0 Å². The third-order valence-corrected chi connectivity index (χ3v) is 2.69. The normalized spacial score (nSPS) is 16.0. The summed E-state index contributed by atoms with van der Waals surface area (Å²) in [5.74, 6) is 0.222. The quantitative estimate of drug-likeness (QED) is 0.744. The molecule has 2 unspecified atom stereocenters. The lowest BCUT2D eigenvalue weighted by Gasteiger charge is -2.29. The average molecular weight is 230 g/mol. The zero-order valence-electron chi connectivity index (χ0n) is 11.3. The van der Waals surface area contributed by atoms with Gasteiger partial charge in [0.15, 0.2) is 0 Å². The summed E-state index contributed by atoms with van der Waals surface area (Å²) >= 11 is 0. The first-order chi connectivity index (χ1) is 7.20. The number of amides is 1. The summed E-state index contributed by atoms with van der Waals surface area (Å²) in [5, 5.41) is 2.93. The van der Waals surface area contributed by atoms with E-state index in [0.29, 0.717) is 12.5 Å². The van der Waals surface area contributed by atoms with Gasteiger partial charge >= 0.3 is 0 Å². The third kappa shape index (κ3) is 4.94. The van der Waals surface area contributed by atoms with Crippen LogP contribution in [0.5, 0.6) is 0 Å². The highest BCUT2D eigenvalue weighted by atomic mass is 16.5. The Kier molecular flexibility index (Phi) is 5.97. The number of hydrogen-bond donors (Lipinski definition) is 2. The van der Waals surface area contributed by atoms with E-state index >= 15 is 0 Å². The lowest BCUT2D eigenvalue weighted by atomic mass is 9.86. The molecule has 0 saturated carbocycles. The van der Waals surface area contributed by atoms with E-state index in [1.165, 1.54) is 0 Å². The fraction of sp³-hybridized carbons (Fsp3) is 0.917. The molecule has 0 rings (SSSR count). The number of ether oxygens (including phenoxy) is 1. The number of carbonyl (C=O) groups is 1. The topological polar surface area (TPSA) is 64.3 Å². The van der Waals surface area contributed by atoms with Crippen molar-refractivity contribution in [1.82, 2.24) is 5.32 Å². The van der Waals surface area contributed by atoms with Crippen LogP contribution in [0.4, 0.5) is 0 Å². The summed E-state index contributed by atoms with van der Waals surface area (Å²) in [5.41, 5.74) is 5.66. The molecule has 0 bridgehead atoms. The van der Waals surface area contributed by atoms with Crippen LogP contribution in [-0.2, 0) is 9.53 Å². The van der Waals surface area contributed by atoms with E-state index in [1.54, 1.807) is 7.11 Å². The van der Waals surface area contributed by atoms with Crippen LogP contribution in [0.15, 0.2) is 0 Å². The zero-order valence-corrected chi connectivity index (χ0v) is 11.3. The number of carbonyl (C=O) groups excluding carboxylic acids is 1. The van der Waals surface area contributed by atoms with Gasteiger partial charge in [-0.05, 0) is 11.3 Å². The fourth-order valence-corrected chi connectivity index (χ4v) is 1.25. The van der Waals surface area contributed by atoms with Gasteiger partial charge in [0.25, 0.3) is 0 Å². The van der Waals surface area contributed by atoms with Gasteiger partial charge in [0.2, 0.25) is 5.91 Å². The first-order valence-electron chi connectivity index (χ1n) is 5.75. The molecule has 0 saturated heterocycles. The van der Waals surface area contributed by atoms with Crippen molar-refractivity contribution < 1.29 is 9.53 Å². The molecule has 0 aliphatic heterocycles. The number of hydrogen-bond acceptors (Lipinski definition) is 3. The first kappa shape index (κ1) is 15.4. The molecule has 2 atom stereocenters. The second-order valence-corrected chi connectivity index (χ2v) is 5.66. The molecule has 0 aromatic rings. The molecule has 0 aromatic heterocycles. The van der Waals surface area contributed by atoms with E-state index in [9.17, 15) is 4.79 Å². The monoisotopic (exact) mass is 230 g/mol. The predicted molar refractivity (Wildman–Crippen MR) is 66.1 cm³/mol. The Hall–Kier alpha value is -0.610. The molecule has 0 heterocycles. The number of methoxy groups -OCH3 is 1. The number of rotatable bonds is 5. The van der Waals surface area contributed by atoms with Gasteiger partial charge in [-0.3, -0.25) is 4.79 Å². The maximum absolute atomic E-state index is 11.9.